The highest BCUT2D eigenvalue weighted by Crippen LogP contribution is 2.08. The summed E-state index contributed by atoms with van der Waals surface area (Å²) < 4.78 is 0. The van der Waals surface area contributed by atoms with Gasteiger partial charge in [-0.25, -0.2) is 0 Å². The average Bonchev–Trinajstić information content (AvgIpc) is 2.18. The van der Waals surface area contributed by atoms with Gasteiger partial charge in [-0.3, -0.25) is 0 Å². The number of rotatable bonds is 5. The van der Waals surface area contributed by atoms with Gasteiger partial charge in [0.2, 0.25) is 0 Å². The molecule has 0 aliphatic carbocycles. The van der Waals surface area contributed by atoms with E-state index in [1.807, 2.05) is 13.1 Å². The molecule has 1 aromatic heterocycles. The van der Waals surface area contributed by atoms with Gasteiger partial charge in [-0.1, -0.05) is 0 Å². The fourth-order valence-corrected chi connectivity index (χ4v) is 1.28. The van der Waals surface area contributed by atoms with Gasteiger partial charge >= 0.3 is 0 Å². The van der Waals surface area contributed by atoms with Gasteiger partial charge in [-0.2, -0.15) is 0 Å². The van der Waals surface area contributed by atoms with Crippen LogP contribution in [0.1, 0.15) is 6.42 Å². The van der Waals surface area contributed by atoms with Gasteiger partial charge < -0.3 is 15.5 Å². The van der Waals surface area contributed by atoms with Crippen LogP contribution in [0.15, 0.2) is 12.1 Å². The fourth-order valence-electron chi connectivity index (χ4n) is 1.28. The lowest BCUT2D eigenvalue weighted by Gasteiger charge is -2.18. The molecule has 0 unspecified atom stereocenters. The second kappa shape index (κ2) is 5.50. The summed E-state index contributed by atoms with van der Waals surface area (Å²) in [7, 11) is 6.15. The number of hydrogen-bond donors (Lipinski definition) is 1. The molecular weight excluding hydrogens is 190 g/mol. The van der Waals surface area contributed by atoms with Crippen molar-refractivity contribution in [3.63, 3.8) is 0 Å². The van der Waals surface area contributed by atoms with Crippen LogP contribution in [-0.2, 0) is 0 Å². The minimum absolute atomic E-state index is 0.459. The fraction of sp³-hybridized carbons (Fsp3) is 0.600. The van der Waals surface area contributed by atoms with Crippen molar-refractivity contribution in [1.82, 2.24) is 15.1 Å². The van der Waals surface area contributed by atoms with Crippen LogP contribution in [0, 0.1) is 0 Å². The highest BCUT2D eigenvalue weighted by Gasteiger charge is 2.02. The van der Waals surface area contributed by atoms with Gasteiger partial charge in [-0.05, 0) is 39.2 Å². The summed E-state index contributed by atoms with van der Waals surface area (Å²) in [6.45, 7) is 2.05. The summed E-state index contributed by atoms with van der Waals surface area (Å²) in [5, 5.41) is 7.83. The summed E-state index contributed by atoms with van der Waals surface area (Å²) in [4.78, 5) is 4.25. The second-order valence-electron chi connectivity index (χ2n) is 3.89. The molecule has 0 radical (unpaired) electrons. The van der Waals surface area contributed by atoms with E-state index in [-0.39, 0.29) is 0 Å². The van der Waals surface area contributed by atoms with Crippen molar-refractivity contribution in [1.29, 1.82) is 0 Å². The van der Waals surface area contributed by atoms with Crippen LogP contribution >= 0.6 is 0 Å². The zero-order valence-corrected chi connectivity index (χ0v) is 9.64. The van der Waals surface area contributed by atoms with Crippen LogP contribution < -0.4 is 10.6 Å². The first-order chi connectivity index (χ1) is 7.09. The molecule has 15 heavy (non-hydrogen) atoms. The Morgan fingerprint density at radius 3 is 2.40 bits per heavy atom. The molecule has 0 saturated heterocycles. The van der Waals surface area contributed by atoms with E-state index in [1.54, 1.807) is 6.07 Å². The van der Waals surface area contributed by atoms with Crippen molar-refractivity contribution in [3.8, 4) is 0 Å². The molecule has 0 aromatic carbocycles. The molecule has 84 valence electrons. The van der Waals surface area contributed by atoms with E-state index in [0.717, 1.165) is 25.3 Å². The standard InChI is InChI=1S/C10H19N5/c1-14(2)7-4-8-15(3)10-6-5-9(11)12-13-10/h5-6H,4,7-8H2,1-3H3,(H2,11,12). The molecule has 1 heterocycles. The minimum Gasteiger partial charge on any atom is -0.382 e. The van der Waals surface area contributed by atoms with Gasteiger partial charge in [-0.15, -0.1) is 10.2 Å². The predicted octanol–water partition coefficient (Wildman–Crippen LogP) is 0.447. The smallest absolute Gasteiger partial charge is 0.151 e. The number of hydrogen-bond acceptors (Lipinski definition) is 5. The zero-order chi connectivity index (χ0) is 11.3. The number of anilines is 2. The van der Waals surface area contributed by atoms with Crippen LogP contribution in [0.4, 0.5) is 11.6 Å². The molecule has 1 aromatic rings. The number of nitrogens with zero attached hydrogens (tertiary/aromatic N) is 4. The molecule has 0 atom stereocenters. The topological polar surface area (TPSA) is 58.3 Å². The van der Waals surface area contributed by atoms with Crippen LogP contribution in [0.25, 0.3) is 0 Å². The Hall–Kier alpha value is -1.36. The lowest BCUT2D eigenvalue weighted by molar-refractivity contribution is 0.401. The predicted molar refractivity (Wildman–Crippen MR) is 62.9 cm³/mol. The Kier molecular flexibility index (Phi) is 4.30. The Morgan fingerprint density at radius 2 is 1.87 bits per heavy atom. The zero-order valence-electron chi connectivity index (χ0n) is 9.64. The summed E-state index contributed by atoms with van der Waals surface area (Å²) in [6.07, 6.45) is 1.11. The Labute approximate surface area is 90.9 Å². The van der Waals surface area contributed by atoms with E-state index in [1.165, 1.54) is 0 Å². The van der Waals surface area contributed by atoms with Crippen LogP contribution in [0.3, 0.4) is 0 Å². The Balaban J connectivity index is 2.40. The molecule has 0 aliphatic heterocycles. The van der Waals surface area contributed by atoms with E-state index in [9.17, 15) is 0 Å². The molecule has 5 nitrogen and oxygen atoms in total. The van der Waals surface area contributed by atoms with E-state index in [4.69, 9.17) is 5.73 Å². The maximum atomic E-state index is 5.47. The Morgan fingerprint density at radius 1 is 1.13 bits per heavy atom. The van der Waals surface area contributed by atoms with Gasteiger partial charge in [0.05, 0.1) is 0 Å². The first-order valence-corrected chi connectivity index (χ1v) is 5.04. The van der Waals surface area contributed by atoms with Gasteiger partial charge in [0.1, 0.15) is 5.82 Å². The highest BCUT2D eigenvalue weighted by molar-refractivity contribution is 5.40. The first-order valence-electron chi connectivity index (χ1n) is 5.04. The molecule has 0 aliphatic rings. The third-order valence-corrected chi connectivity index (χ3v) is 2.16. The lowest BCUT2D eigenvalue weighted by atomic mass is 10.3. The maximum absolute atomic E-state index is 5.47. The summed E-state index contributed by atoms with van der Waals surface area (Å²) in [5.41, 5.74) is 5.47. The van der Waals surface area contributed by atoms with Gasteiger partial charge in [0.15, 0.2) is 5.82 Å². The van der Waals surface area contributed by atoms with E-state index in [2.05, 4.69) is 34.1 Å². The molecule has 1 rings (SSSR count). The molecule has 0 saturated carbocycles. The van der Waals surface area contributed by atoms with E-state index >= 15 is 0 Å². The minimum atomic E-state index is 0.459. The Bertz CT molecular complexity index is 282. The molecule has 5 heteroatoms. The van der Waals surface area contributed by atoms with Crippen molar-refractivity contribution in [2.75, 3.05) is 44.9 Å². The van der Waals surface area contributed by atoms with Crippen molar-refractivity contribution < 1.29 is 0 Å². The first kappa shape index (κ1) is 11.7. The molecule has 0 fully saturated rings. The lowest BCUT2D eigenvalue weighted by Crippen LogP contribution is -2.24. The van der Waals surface area contributed by atoms with Crippen LogP contribution in [-0.4, -0.2) is 49.3 Å². The van der Waals surface area contributed by atoms with Gasteiger partial charge in [0, 0.05) is 13.6 Å². The number of aromatic nitrogens is 2. The molecule has 0 bridgehead atoms. The highest BCUT2D eigenvalue weighted by atomic mass is 15.3. The summed E-state index contributed by atoms with van der Waals surface area (Å²) >= 11 is 0. The van der Waals surface area contributed by atoms with Crippen LogP contribution in [0.2, 0.25) is 0 Å². The molecular formula is C10H19N5. The van der Waals surface area contributed by atoms with E-state index < -0.39 is 0 Å². The quantitative estimate of drug-likeness (QED) is 0.763. The number of nitrogen functional groups attached to an aromatic ring is 1. The molecule has 0 amide bonds. The second-order valence-corrected chi connectivity index (χ2v) is 3.89. The molecule has 2 N–H and O–H groups in total. The third kappa shape index (κ3) is 4.12. The number of nitrogens with two attached hydrogens (primary N) is 1. The van der Waals surface area contributed by atoms with Crippen molar-refractivity contribution in [2.24, 2.45) is 0 Å². The van der Waals surface area contributed by atoms with Crippen molar-refractivity contribution in [3.05, 3.63) is 12.1 Å². The molecule has 0 spiro atoms. The van der Waals surface area contributed by atoms with E-state index in [0.29, 0.717) is 5.82 Å². The van der Waals surface area contributed by atoms with Crippen molar-refractivity contribution >= 4 is 11.6 Å². The third-order valence-electron chi connectivity index (χ3n) is 2.16. The maximum Gasteiger partial charge on any atom is 0.151 e. The van der Waals surface area contributed by atoms with Gasteiger partial charge in [0.25, 0.3) is 0 Å². The SMILES string of the molecule is CN(C)CCCN(C)c1ccc(N)nn1. The average molecular weight is 209 g/mol. The monoisotopic (exact) mass is 209 g/mol. The van der Waals surface area contributed by atoms with Crippen molar-refractivity contribution in [2.45, 2.75) is 6.42 Å². The summed E-state index contributed by atoms with van der Waals surface area (Å²) in [5.74, 6) is 1.32. The van der Waals surface area contributed by atoms with Crippen LogP contribution in [0.5, 0.6) is 0 Å². The normalized spacial score (nSPS) is 10.7. The summed E-state index contributed by atoms with van der Waals surface area (Å²) in [6, 6.07) is 3.66. The largest absolute Gasteiger partial charge is 0.382 e.